The SMILES string of the molecule is O=C(NCC1CC(O)C1)c1nc[nH]c1C(=O)O. The zero-order valence-corrected chi connectivity index (χ0v) is 9.01. The zero-order chi connectivity index (χ0) is 12.4. The molecule has 1 amide bonds. The molecule has 0 spiro atoms. The predicted molar refractivity (Wildman–Crippen MR) is 56.6 cm³/mol. The molecule has 0 bridgehead atoms. The Bertz CT molecular complexity index is 437. The Hall–Kier alpha value is -1.89. The van der Waals surface area contributed by atoms with E-state index in [0.29, 0.717) is 19.4 Å². The normalized spacial score (nSPS) is 22.9. The van der Waals surface area contributed by atoms with E-state index < -0.39 is 11.9 Å². The number of nitrogens with zero attached hydrogens (tertiary/aromatic N) is 1. The van der Waals surface area contributed by atoms with Crippen LogP contribution in [0, 0.1) is 5.92 Å². The third-order valence-electron chi connectivity index (χ3n) is 2.83. The van der Waals surface area contributed by atoms with Crippen molar-refractivity contribution in [3.63, 3.8) is 0 Å². The highest BCUT2D eigenvalue weighted by molar-refractivity contribution is 6.02. The fourth-order valence-electron chi connectivity index (χ4n) is 1.82. The molecule has 1 aromatic rings. The summed E-state index contributed by atoms with van der Waals surface area (Å²) in [4.78, 5) is 28.5. The minimum Gasteiger partial charge on any atom is -0.477 e. The van der Waals surface area contributed by atoms with Crippen LogP contribution in [0.2, 0.25) is 0 Å². The molecule has 1 aliphatic rings. The summed E-state index contributed by atoms with van der Waals surface area (Å²) in [6, 6.07) is 0. The molecule has 0 aliphatic heterocycles. The number of aromatic nitrogens is 2. The maximum Gasteiger partial charge on any atom is 0.354 e. The number of hydrogen-bond acceptors (Lipinski definition) is 4. The van der Waals surface area contributed by atoms with Crippen molar-refractivity contribution in [3.8, 4) is 0 Å². The molecule has 7 heteroatoms. The number of H-pyrrole nitrogens is 1. The van der Waals surface area contributed by atoms with Crippen LogP contribution < -0.4 is 5.32 Å². The van der Waals surface area contributed by atoms with Gasteiger partial charge in [-0.05, 0) is 18.8 Å². The van der Waals surface area contributed by atoms with E-state index in [1.54, 1.807) is 0 Å². The van der Waals surface area contributed by atoms with Gasteiger partial charge in [0.1, 0.15) is 0 Å². The predicted octanol–water partition coefficient (Wildman–Crippen LogP) is -0.391. The highest BCUT2D eigenvalue weighted by Gasteiger charge is 2.28. The van der Waals surface area contributed by atoms with Crippen molar-refractivity contribution >= 4 is 11.9 Å². The molecule has 1 heterocycles. The van der Waals surface area contributed by atoms with Gasteiger partial charge in [-0.1, -0.05) is 0 Å². The molecule has 0 unspecified atom stereocenters. The molecule has 17 heavy (non-hydrogen) atoms. The van der Waals surface area contributed by atoms with Crippen LogP contribution in [0.1, 0.15) is 33.8 Å². The summed E-state index contributed by atoms with van der Waals surface area (Å²) >= 11 is 0. The summed E-state index contributed by atoms with van der Waals surface area (Å²) in [6.45, 7) is 0.432. The third-order valence-corrected chi connectivity index (χ3v) is 2.83. The highest BCUT2D eigenvalue weighted by Crippen LogP contribution is 2.26. The van der Waals surface area contributed by atoms with Crippen LogP contribution in [-0.4, -0.2) is 44.7 Å². The van der Waals surface area contributed by atoms with Crippen molar-refractivity contribution in [1.82, 2.24) is 15.3 Å². The van der Waals surface area contributed by atoms with Gasteiger partial charge in [-0.2, -0.15) is 0 Å². The van der Waals surface area contributed by atoms with Gasteiger partial charge in [0.05, 0.1) is 12.4 Å². The molecule has 1 saturated carbocycles. The number of carboxylic acid groups (broad SMARTS) is 1. The summed E-state index contributed by atoms with van der Waals surface area (Å²) in [7, 11) is 0. The number of aliphatic hydroxyl groups is 1. The van der Waals surface area contributed by atoms with Crippen LogP contribution in [-0.2, 0) is 0 Å². The Morgan fingerprint density at radius 1 is 1.53 bits per heavy atom. The van der Waals surface area contributed by atoms with Gasteiger partial charge in [0.2, 0.25) is 0 Å². The second-order valence-electron chi connectivity index (χ2n) is 4.13. The average Bonchev–Trinajstić information content (AvgIpc) is 2.71. The number of carbonyl (C=O) groups is 2. The number of carbonyl (C=O) groups excluding carboxylic acids is 1. The fourth-order valence-corrected chi connectivity index (χ4v) is 1.82. The number of aliphatic hydroxyl groups excluding tert-OH is 1. The van der Waals surface area contributed by atoms with E-state index in [1.165, 1.54) is 6.33 Å². The molecule has 0 aromatic carbocycles. The molecule has 1 fully saturated rings. The molecule has 0 atom stereocenters. The molecule has 0 radical (unpaired) electrons. The molecule has 1 aromatic heterocycles. The first-order valence-corrected chi connectivity index (χ1v) is 5.31. The Labute approximate surface area is 96.9 Å². The maximum atomic E-state index is 11.6. The first kappa shape index (κ1) is 11.6. The van der Waals surface area contributed by atoms with E-state index in [2.05, 4.69) is 15.3 Å². The first-order chi connectivity index (χ1) is 8.08. The Kier molecular flexibility index (Phi) is 3.10. The minimum absolute atomic E-state index is 0.114. The summed E-state index contributed by atoms with van der Waals surface area (Å²) in [5, 5.41) is 20.5. The summed E-state index contributed by atoms with van der Waals surface area (Å²) in [5.41, 5.74) is -0.325. The van der Waals surface area contributed by atoms with Crippen molar-refractivity contribution in [2.75, 3.05) is 6.54 Å². The van der Waals surface area contributed by atoms with Crippen LogP contribution in [0.3, 0.4) is 0 Å². The van der Waals surface area contributed by atoms with Gasteiger partial charge in [0.25, 0.3) is 5.91 Å². The Morgan fingerprint density at radius 2 is 2.24 bits per heavy atom. The van der Waals surface area contributed by atoms with E-state index in [1.807, 2.05) is 0 Å². The van der Waals surface area contributed by atoms with Crippen molar-refractivity contribution in [2.24, 2.45) is 5.92 Å². The van der Waals surface area contributed by atoms with Gasteiger partial charge in [-0.3, -0.25) is 4.79 Å². The molecule has 4 N–H and O–H groups in total. The van der Waals surface area contributed by atoms with Crippen molar-refractivity contribution in [2.45, 2.75) is 18.9 Å². The van der Waals surface area contributed by atoms with Crippen molar-refractivity contribution in [3.05, 3.63) is 17.7 Å². The maximum absolute atomic E-state index is 11.6. The Balaban J connectivity index is 1.91. The minimum atomic E-state index is -1.22. The van der Waals surface area contributed by atoms with Crippen LogP contribution in [0.15, 0.2) is 6.33 Å². The van der Waals surface area contributed by atoms with Gasteiger partial charge >= 0.3 is 5.97 Å². The monoisotopic (exact) mass is 239 g/mol. The largest absolute Gasteiger partial charge is 0.477 e. The number of nitrogens with one attached hydrogen (secondary N) is 2. The summed E-state index contributed by atoms with van der Waals surface area (Å²) in [6.07, 6.45) is 2.25. The number of imidazole rings is 1. The molecular weight excluding hydrogens is 226 g/mol. The standard InChI is InChI=1S/C10H13N3O4/c14-6-1-5(2-6)3-11-9(15)7-8(10(16)17)13-4-12-7/h4-6,14H,1-3H2,(H,11,15)(H,12,13)(H,16,17). The van der Waals surface area contributed by atoms with E-state index in [-0.39, 0.29) is 23.4 Å². The van der Waals surface area contributed by atoms with Gasteiger partial charge in [-0.25, -0.2) is 9.78 Å². The first-order valence-electron chi connectivity index (χ1n) is 5.31. The van der Waals surface area contributed by atoms with E-state index in [4.69, 9.17) is 10.2 Å². The van der Waals surface area contributed by atoms with Crippen LogP contribution in [0.25, 0.3) is 0 Å². The van der Waals surface area contributed by atoms with E-state index in [0.717, 1.165) is 0 Å². The third kappa shape index (κ3) is 2.44. The molecule has 7 nitrogen and oxygen atoms in total. The summed E-state index contributed by atoms with van der Waals surface area (Å²) < 4.78 is 0. The van der Waals surface area contributed by atoms with Crippen molar-refractivity contribution in [1.29, 1.82) is 0 Å². The second-order valence-corrected chi connectivity index (χ2v) is 4.13. The average molecular weight is 239 g/mol. The Morgan fingerprint density at radius 3 is 2.82 bits per heavy atom. The summed E-state index contributed by atoms with van der Waals surface area (Å²) in [5.74, 6) is -1.46. The van der Waals surface area contributed by atoms with Gasteiger partial charge in [0, 0.05) is 6.54 Å². The van der Waals surface area contributed by atoms with Crippen LogP contribution in [0.5, 0.6) is 0 Å². The zero-order valence-electron chi connectivity index (χ0n) is 9.01. The lowest BCUT2D eigenvalue weighted by Gasteiger charge is -2.31. The van der Waals surface area contributed by atoms with E-state index in [9.17, 15) is 9.59 Å². The molecule has 2 rings (SSSR count). The van der Waals surface area contributed by atoms with Crippen LogP contribution in [0.4, 0.5) is 0 Å². The van der Waals surface area contributed by atoms with Gasteiger partial charge in [0.15, 0.2) is 11.4 Å². The van der Waals surface area contributed by atoms with Gasteiger partial charge in [-0.15, -0.1) is 0 Å². The second kappa shape index (κ2) is 4.54. The fraction of sp³-hybridized carbons (Fsp3) is 0.500. The lowest BCUT2D eigenvalue weighted by molar-refractivity contribution is 0.0419. The topological polar surface area (TPSA) is 115 Å². The lowest BCUT2D eigenvalue weighted by Crippen LogP contribution is -2.38. The van der Waals surface area contributed by atoms with E-state index >= 15 is 0 Å². The number of aromatic carboxylic acids is 1. The number of aromatic amines is 1. The number of rotatable bonds is 4. The van der Waals surface area contributed by atoms with Crippen LogP contribution >= 0.6 is 0 Å². The number of hydrogen-bond donors (Lipinski definition) is 4. The quantitative estimate of drug-likeness (QED) is 0.571. The van der Waals surface area contributed by atoms with Gasteiger partial charge < -0.3 is 20.5 Å². The number of amides is 1. The number of carboxylic acids is 1. The highest BCUT2D eigenvalue weighted by atomic mass is 16.4. The molecular formula is C10H13N3O4. The smallest absolute Gasteiger partial charge is 0.354 e. The lowest BCUT2D eigenvalue weighted by atomic mass is 9.82. The van der Waals surface area contributed by atoms with Crippen molar-refractivity contribution < 1.29 is 19.8 Å². The molecule has 0 saturated heterocycles. The molecule has 92 valence electrons. The molecule has 1 aliphatic carbocycles.